The zero-order valence-corrected chi connectivity index (χ0v) is 46.1. The smallest absolute Gasteiger partial charge is 0.210 e. The summed E-state index contributed by atoms with van der Waals surface area (Å²) in [5.74, 6) is -0.0436. The van der Waals surface area contributed by atoms with Crippen molar-refractivity contribution >= 4 is 44.2 Å². The fourth-order valence-electron chi connectivity index (χ4n) is 9.96. The zero-order chi connectivity index (χ0) is 52.3. The van der Waals surface area contributed by atoms with Crippen molar-refractivity contribution in [2.24, 2.45) is 5.92 Å². The Hall–Kier alpha value is -5.83. The van der Waals surface area contributed by atoms with Gasteiger partial charge in [0.2, 0.25) is 11.4 Å². The van der Waals surface area contributed by atoms with E-state index in [9.17, 15) is 22.9 Å². The van der Waals surface area contributed by atoms with Gasteiger partial charge in [0.15, 0.2) is 5.78 Å². The molecule has 0 atom stereocenters. The number of carbonyl (C=O) groups excluding carboxylic acids is 1. The molecule has 70 heavy (non-hydrogen) atoms. The van der Waals surface area contributed by atoms with E-state index in [1.807, 2.05) is 71.9 Å². The number of Topliss-reactive ketones (excluding diaryl/α,β-unsaturated/α-hetero) is 1. The minimum absolute atomic E-state index is 0.0309. The number of ketones is 1. The van der Waals surface area contributed by atoms with Crippen molar-refractivity contribution in [3.63, 3.8) is 0 Å². The number of phenols is 1. The lowest BCUT2D eigenvalue weighted by Crippen LogP contribution is -2.67. The number of benzene rings is 5. The third kappa shape index (κ3) is 10.9. The second kappa shape index (κ2) is 19.8. The van der Waals surface area contributed by atoms with Gasteiger partial charge in [-0.15, -0.1) is 0 Å². The third-order valence-corrected chi connectivity index (χ3v) is 15.3. The molecule has 5 aromatic rings. The van der Waals surface area contributed by atoms with Gasteiger partial charge in [-0.1, -0.05) is 87.4 Å². The average molecular weight is 961 g/mol. The molecule has 0 unspecified atom stereocenters. The number of rotatable bonds is 11. The largest absolute Gasteiger partial charge is 0.744 e. The van der Waals surface area contributed by atoms with Gasteiger partial charge in [-0.3, -0.25) is 4.79 Å². The van der Waals surface area contributed by atoms with Crippen LogP contribution in [-0.4, -0.2) is 29.6 Å². The molecule has 370 valence electrons. The maximum absolute atomic E-state index is 15.0. The second-order valence-corrected chi connectivity index (χ2v) is 23.9. The number of nitrogens with one attached hydrogen (secondary N) is 2. The minimum atomic E-state index is -5.12. The molecule has 0 aliphatic heterocycles. The summed E-state index contributed by atoms with van der Waals surface area (Å²) in [6, 6.07) is 17.4. The highest BCUT2D eigenvalue weighted by Crippen LogP contribution is 2.43. The van der Waals surface area contributed by atoms with Gasteiger partial charge < -0.3 is 15.0 Å². The molecule has 3 N–H and O–H groups in total. The average Bonchev–Trinajstić information content (AvgIpc) is 3.25. The molecule has 8 heteroatoms. The van der Waals surface area contributed by atoms with Crippen LogP contribution in [0.2, 0.25) is 0 Å². The third-order valence-electron chi connectivity index (χ3n) is 14.4. The topological polar surface area (TPSA) is 120 Å². The number of aromatic hydroxyl groups is 1. The van der Waals surface area contributed by atoms with Crippen molar-refractivity contribution in [2.75, 3.05) is 5.32 Å². The molecule has 7 nitrogen and oxygen atoms in total. The van der Waals surface area contributed by atoms with Crippen molar-refractivity contribution < 1.29 is 27.9 Å². The van der Waals surface area contributed by atoms with Crippen LogP contribution in [0.3, 0.4) is 0 Å². The van der Waals surface area contributed by atoms with E-state index in [4.69, 9.17) is 0 Å². The number of hydrogen-bond donors (Lipinski definition) is 3. The van der Waals surface area contributed by atoms with Crippen molar-refractivity contribution in [3.05, 3.63) is 173 Å². The van der Waals surface area contributed by atoms with Gasteiger partial charge in [0.1, 0.15) is 15.9 Å². The number of aryl methyl sites for hydroxylation is 5. The summed E-state index contributed by atoms with van der Waals surface area (Å²) in [5, 5.41) is 15.4. The standard InChI is InChI=1S/C62H76N2O5S/c1-33(2)48-28-44(20-22-52(48)63-58-38(8)26-36(6)40(10)42(58)12)56(45-21-23-53(49(29-45)34(3)4)64-59-39(9)27-37(7)41(11)43(59)13)57-47(24-35(5)25-55(57)70(67,68)69)32-54(65)46-30-50(61(14,15)16)60(66)51(31-46)62(17,18)19/h20-31,33-34,63,66H,32H2,1-19H3,(H,67,68,69). The Balaban J connectivity index is 1.71. The summed E-state index contributed by atoms with van der Waals surface area (Å²) in [4.78, 5) is 18.4. The number of anilines is 2. The Labute approximate surface area is 419 Å². The van der Waals surface area contributed by atoms with Crippen LogP contribution in [0.15, 0.2) is 88.9 Å². The summed E-state index contributed by atoms with van der Waals surface area (Å²) in [6.07, 6.45) is 5.95. The molecule has 5 aromatic carbocycles. The van der Waals surface area contributed by atoms with E-state index in [0.717, 1.165) is 45.0 Å². The molecule has 6 rings (SSSR count). The molecule has 0 spiro atoms. The monoisotopic (exact) mass is 961 g/mol. The van der Waals surface area contributed by atoms with E-state index in [1.165, 1.54) is 39.4 Å². The van der Waals surface area contributed by atoms with Gasteiger partial charge in [0.25, 0.3) is 0 Å². The lowest BCUT2D eigenvalue weighted by Gasteiger charge is -2.28. The molecule has 1 aliphatic rings. The highest BCUT2D eigenvalue weighted by atomic mass is 32.2. The Bertz CT molecular complexity index is 3160. The summed E-state index contributed by atoms with van der Waals surface area (Å²) in [5.41, 5.74) is 19.2. The quantitative estimate of drug-likeness (QED) is 0.0896. The van der Waals surface area contributed by atoms with Crippen molar-refractivity contribution in [3.8, 4) is 5.75 Å². The minimum Gasteiger partial charge on any atom is -0.744 e. The molecule has 0 aromatic heterocycles. The van der Waals surface area contributed by atoms with Crippen molar-refractivity contribution in [1.29, 1.82) is 0 Å². The fourth-order valence-corrected chi connectivity index (χ4v) is 10.8. The normalized spacial score (nSPS) is 14.8. The first-order valence-electron chi connectivity index (χ1n) is 24.7. The van der Waals surface area contributed by atoms with Crippen LogP contribution in [-0.2, 0) is 27.4 Å². The molecule has 0 saturated heterocycles. The highest BCUT2D eigenvalue weighted by molar-refractivity contribution is 7.85. The zero-order valence-electron chi connectivity index (χ0n) is 45.3. The molecule has 0 saturated carbocycles. The molecule has 0 heterocycles. The van der Waals surface area contributed by atoms with Gasteiger partial charge in [0.05, 0.1) is 4.90 Å². The van der Waals surface area contributed by atoms with E-state index in [2.05, 4.69) is 118 Å². The van der Waals surface area contributed by atoms with Crippen molar-refractivity contribution in [2.45, 2.75) is 160 Å². The Morgan fingerprint density at radius 2 is 1.26 bits per heavy atom. The maximum atomic E-state index is 15.0. The van der Waals surface area contributed by atoms with E-state index in [-0.39, 0.29) is 40.2 Å². The van der Waals surface area contributed by atoms with Crippen LogP contribution in [0.25, 0.3) is 5.57 Å². The van der Waals surface area contributed by atoms with Crippen LogP contribution in [0.1, 0.15) is 169 Å². The summed E-state index contributed by atoms with van der Waals surface area (Å²) >= 11 is 0. The fraction of sp³-hybridized carbons (Fsp3) is 0.387. The first kappa shape index (κ1) is 53.5. The van der Waals surface area contributed by atoms with Crippen LogP contribution >= 0.6 is 0 Å². The Kier molecular flexibility index (Phi) is 15.1. The second-order valence-electron chi connectivity index (χ2n) is 22.6. The molecule has 0 amide bonds. The van der Waals surface area contributed by atoms with Gasteiger partial charge in [-0.25, -0.2) is 13.4 Å². The maximum Gasteiger partial charge on any atom is 0.210 e. The number of allylic oxidation sites excluding steroid dienone is 5. The predicted molar refractivity (Wildman–Crippen MR) is 291 cm³/mol. The molecular weight excluding hydrogens is 885 g/mol. The van der Waals surface area contributed by atoms with E-state index < -0.39 is 20.9 Å². The highest BCUT2D eigenvalue weighted by Gasteiger charge is 2.31. The van der Waals surface area contributed by atoms with Gasteiger partial charge in [-0.05, 0) is 200 Å². The van der Waals surface area contributed by atoms with E-state index in [0.29, 0.717) is 44.5 Å². The number of hydrogen-bond acceptors (Lipinski definition) is 6. The van der Waals surface area contributed by atoms with Gasteiger partial charge >= 0.3 is 0 Å². The Morgan fingerprint density at radius 3 is 1.80 bits per heavy atom. The summed E-state index contributed by atoms with van der Waals surface area (Å²) in [7, 11) is -5.12. The van der Waals surface area contributed by atoms with Gasteiger partial charge in [0, 0.05) is 62.8 Å². The first-order valence-corrected chi connectivity index (χ1v) is 26.1. The number of carbonyl (C=O) groups is 1. The number of phenolic OH excluding ortho intramolecular Hbond substituents is 1. The van der Waals surface area contributed by atoms with Gasteiger partial charge in [-0.2, -0.15) is 0 Å². The molecule has 0 radical (unpaired) electrons. The molecule has 0 fully saturated rings. The molecular formula is C62H76N2O5S. The van der Waals surface area contributed by atoms with E-state index in [1.54, 1.807) is 19.1 Å². The summed E-state index contributed by atoms with van der Waals surface area (Å²) in [6.45, 7) is 39.3. The van der Waals surface area contributed by atoms with Crippen molar-refractivity contribution in [1.82, 2.24) is 0 Å². The van der Waals surface area contributed by atoms with Crippen LogP contribution < -0.4 is 10.3 Å². The van der Waals surface area contributed by atoms with E-state index >= 15 is 0 Å². The predicted octanol–water partition coefficient (Wildman–Crippen LogP) is 13.8. The lowest BCUT2D eigenvalue weighted by atomic mass is 9.77. The van der Waals surface area contributed by atoms with Crippen LogP contribution in [0.5, 0.6) is 5.75 Å². The Morgan fingerprint density at radius 1 is 0.686 bits per heavy atom. The summed E-state index contributed by atoms with van der Waals surface area (Å²) < 4.78 is 41.5. The SMILES string of the molecule is Cc1cc(CC(=O)c2cc(C(C)(C)C)c(O)c(C(C)(C)C)c2)c(C(=C2C=CC(=[NH+]c3c(C)cc(C)c(C)c3C)C(C(C)C)=C2)c2ccc(Nc3c(C)cc(C)c(C)c3C)c(C(C)C)c2)c(S(=O)(=O)[O-])c1. The molecule has 0 bridgehead atoms. The molecule has 1 aliphatic carbocycles. The first-order chi connectivity index (χ1) is 32.3. The lowest BCUT2D eigenvalue weighted by molar-refractivity contribution is -0.353. The van der Waals surface area contributed by atoms with Crippen LogP contribution in [0, 0.1) is 68.2 Å². The van der Waals surface area contributed by atoms with Crippen LogP contribution in [0.4, 0.5) is 17.1 Å².